The zero-order chi connectivity index (χ0) is 13.0. The number of anilines is 1. The minimum absolute atomic E-state index is 0.727. The van der Waals surface area contributed by atoms with Crippen LogP contribution in [0.1, 0.15) is 30.8 Å². The first-order chi connectivity index (χ1) is 8.70. The van der Waals surface area contributed by atoms with Gasteiger partial charge in [0.15, 0.2) is 5.13 Å². The van der Waals surface area contributed by atoms with E-state index in [1.165, 1.54) is 27.9 Å². The summed E-state index contributed by atoms with van der Waals surface area (Å²) in [6.07, 6.45) is 1.19. The molecule has 102 valence electrons. The van der Waals surface area contributed by atoms with Gasteiger partial charge in [-0.15, -0.1) is 11.3 Å². The minimum Gasteiger partial charge on any atom is -0.346 e. The topological polar surface area (TPSA) is 28.2 Å². The van der Waals surface area contributed by atoms with Crippen LogP contribution in [-0.2, 0) is 6.54 Å². The average Bonchev–Trinajstić information content (AvgIpc) is 2.72. The zero-order valence-electron chi connectivity index (χ0n) is 11.5. The van der Waals surface area contributed by atoms with Gasteiger partial charge in [0.2, 0.25) is 0 Å². The monoisotopic (exact) mass is 285 g/mol. The fourth-order valence-electron chi connectivity index (χ4n) is 2.08. The Hall–Kier alpha value is -0.260. The second kappa shape index (κ2) is 6.78. The fraction of sp³-hybridized carbons (Fsp3) is 0.769. The molecule has 18 heavy (non-hydrogen) atoms. The molecule has 2 heterocycles. The van der Waals surface area contributed by atoms with E-state index in [9.17, 15) is 0 Å². The SMILES string of the molecule is CCCNCc1sc(N2CCSC(C)C2)nc1C. The Labute approximate surface area is 118 Å². The molecule has 1 aliphatic rings. The summed E-state index contributed by atoms with van der Waals surface area (Å²) < 4.78 is 0. The number of thiazole rings is 1. The standard InChI is InChI=1S/C13H23N3S2/c1-4-5-14-8-12-11(3)15-13(18-12)16-6-7-17-10(2)9-16/h10,14H,4-9H2,1-3H3. The van der Waals surface area contributed by atoms with Crippen molar-refractivity contribution in [3.8, 4) is 0 Å². The Morgan fingerprint density at radius 2 is 2.33 bits per heavy atom. The largest absolute Gasteiger partial charge is 0.346 e. The number of thioether (sulfide) groups is 1. The fourth-order valence-corrected chi connectivity index (χ4v) is 4.16. The molecule has 1 aromatic heterocycles. The summed E-state index contributed by atoms with van der Waals surface area (Å²) >= 11 is 3.93. The van der Waals surface area contributed by atoms with Gasteiger partial charge in [-0.05, 0) is 19.9 Å². The average molecular weight is 285 g/mol. The van der Waals surface area contributed by atoms with Gasteiger partial charge in [0, 0.05) is 35.5 Å². The highest BCUT2D eigenvalue weighted by Gasteiger charge is 2.20. The molecule has 0 bridgehead atoms. The first-order valence-corrected chi connectivity index (χ1v) is 8.60. The molecule has 1 atom stereocenters. The molecule has 0 spiro atoms. The van der Waals surface area contributed by atoms with Crippen molar-refractivity contribution < 1.29 is 0 Å². The molecule has 1 fully saturated rings. The summed E-state index contributed by atoms with van der Waals surface area (Å²) in [6, 6.07) is 0. The van der Waals surface area contributed by atoms with Gasteiger partial charge in [-0.25, -0.2) is 4.98 Å². The van der Waals surface area contributed by atoms with Crippen LogP contribution in [0.4, 0.5) is 5.13 Å². The Balaban J connectivity index is 1.98. The number of nitrogens with one attached hydrogen (secondary N) is 1. The molecular formula is C13H23N3S2. The molecule has 0 radical (unpaired) electrons. The van der Waals surface area contributed by atoms with E-state index in [4.69, 9.17) is 4.98 Å². The highest BCUT2D eigenvalue weighted by Crippen LogP contribution is 2.29. The lowest BCUT2D eigenvalue weighted by Crippen LogP contribution is -2.36. The van der Waals surface area contributed by atoms with Crippen molar-refractivity contribution in [3.05, 3.63) is 10.6 Å². The maximum Gasteiger partial charge on any atom is 0.185 e. The summed E-state index contributed by atoms with van der Waals surface area (Å²) in [5.41, 5.74) is 1.20. The van der Waals surface area contributed by atoms with E-state index in [2.05, 4.69) is 42.7 Å². The van der Waals surface area contributed by atoms with Crippen LogP contribution >= 0.6 is 23.1 Å². The van der Waals surface area contributed by atoms with Gasteiger partial charge in [-0.3, -0.25) is 0 Å². The van der Waals surface area contributed by atoms with Crippen molar-refractivity contribution in [1.82, 2.24) is 10.3 Å². The van der Waals surface area contributed by atoms with Crippen LogP contribution in [0.3, 0.4) is 0 Å². The molecule has 0 amide bonds. The third kappa shape index (κ3) is 3.62. The van der Waals surface area contributed by atoms with Crippen molar-refractivity contribution in [3.63, 3.8) is 0 Å². The predicted octanol–water partition coefficient (Wildman–Crippen LogP) is 2.89. The van der Waals surface area contributed by atoms with Crippen molar-refractivity contribution in [2.45, 2.75) is 39.0 Å². The number of aryl methyl sites for hydroxylation is 1. The summed E-state index contributed by atoms with van der Waals surface area (Å²) in [6.45, 7) is 11.0. The van der Waals surface area contributed by atoms with E-state index in [1.807, 2.05) is 11.3 Å². The van der Waals surface area contributed by atoms with Gasteiger partial charge >= 0.3 is 0 Å². The zero-order valence-corrected chi connectivity index (χ0v) is 13.2. The van der Waals surface area contributed by atoms with Gasteiger partial charge in [0.25, 0.3) is 0 Å². The Morgan fingerprint density at radius 1 is 1.50 bits per heavy atom. The highest BCUT2D eigenvalue weighted by molar-refractivity contribution is 8.00. The van der Waals surface area contributed by atoms with Crippen LogP contribution in [0.25, 0.3) is 0 Å². The van der Waals surface area contributed by atoms with Crippen LogP contribution in [0.2, 0.25) is 0 Å². The molecule has 1 N–H and O–H groups in total. The maximum atomic E-state index is 4.74. The van der Waals surface area contributed by atoms with Crippen LogP contribution in [0, 0.1) is 6.92 Å². The normalized spacial score (nSPS) is 20.4. The van der Waals surface area contributed by atoms with Crippen molar-refractivity contribution >= 4 is 28.2 Å². The minimum atomic E-state index is 0.727. The van der Waals surface area contributed by atoms with Crippen LogP contribution in [-0.4, -0.2) is 35.6 Å². The number of aromatic nitrogens is 1. The lowest BCUT2D eigenvalue weighted by molar-refractivity contribution is 0.678. The number of hydrogen-bond acceptors (Lipinski definition) is 5. The molecule has 0 aliphatic carbocycles. The van der Waals surface area contributed by atoms with E-state index in [0.717, 1.165) is 31.4 Å². The summed E-state index contributed by atoms with van der Waals surface area (Å²) in [5, 5.41) is 5.41. The molecule has 2 rings (SSSR count). The lowest BCUT2D eigenvalue weighted by atomic mass is 10.4. The van der Waals surface area contributed by atoms with E-state index >= 15 is 0 Å². The van der Waals surface area contributed by atoms with Gasteiger partial charge in [0.05, 0.1) is 5.69 Å². The third-order valence-electron chi connectivity index (χ3n) is 3.11. The van der Waals surface area contributed by atoms with Crippen molar-refractivity contribution in [2.75, 3.05) is 30.3 Å². The Kier molecular flexibility index (Phi) is 5.33. The molecule has 1 saturated heterocycles. The molecule has 1 unspecified atom stereocenters. The highest BCUT2D eigenvalue weighted by atomic mass is 32.2. The first-order valence-electron chi connectivity index (χ1n) is 6.74. The molecule has 0 saturated carbocycles. The van der Waals surface area contributed by atoms with E-state index < -0.39 is 0 Å². The van der Waals surface area contributed by atoms with Crippen molar-refractivity contribution in [2.24, 2.45) is 0 Å². The number of rotatable bonds is 5. The smallest absolute Gasteiger partial charge is 0.185 e. The molecule has 1 aliphatic heterocycles. The lowest BCUT2D eigenvalue weighted by Gasteiger charge is -2.30. The van der Waals surface area contributed by atoms with E-state index in [0.29, 0.717) is 0 Å². The van der Waals surface area contributed by atoms with Gasteiger partial charge in [0.1, 0.15) is 0 Å². The quantitative estimate of drug-likeness (QED) is 0.842. The molecule has 1 aromatic rings. The maximum absolute atomic E-state index is 4.74. The number of hydrogen-bond donors (Lipinski definition) is 1. The number of nitrogens with zero attached hydrogens (tertiary/aromatic N) is 2. The van der Waals surface area contributed by atoms with E-state index in [-0.39, 0.29) is 0 Å². The van der Waals surface area contributed by atoms with E-state index in [1.54, 1.807) is 0 Å². The second-order valence-corrected chi connectivity index (χ2v) is 7.42. The second-order valence-electron chi connectivity index (χ2n) is 4.81. The van der Waals surface area contributed by atoms with Crippen LogP contribution in [0.5, 0.6) is 0 Å². The third-order valence-corrected chi connectivity index (χ3v) is 5.46. The first kappa shape index (κ1) is 14.2. The Bertz CT molecular complexity index is 378. The summed E-state index contributed by atoms with van der Waals surface area (Å²) in [5.74, 6) is 1.23. The van der Waals surface area contributed by atoms with Crippen molar-refractivity contribution in [1.29, 1.82) is 0 Å². The van der Waals surface area contributed by atoms with Gasteiger partial charge in [-0.2, -0.15) is 11.8 Å². The van der Waals surface area contributed by atoms with Gasteiger partial charge in [-0.1, -0.05) is 13.8 Å². The van der Waals surface area contributed by atoms with Crippen LogP contribution < -0.4 is 10.2 Å². The predicted molar refractivity (Wildman–Crippen MR) is 83.0 cm³/mol. The molecule has 0 aromatic carbocycles. The van der Waals surface area contributed by atoms with Crippen LogP contribution in [0.15, 0.2) is 0 Å². The summed E-state index contributed by atoms with van der Waals surface area (Å²) in [7, 11) is 0. The molecule has 3 nitrogen and oxygen atoms in total. The molecular weight excluding hydrogens is 262 g/mol. The molecule has 5 heteroatoms. The Morgan fingerprint density at radius 3 is 3.06 bits per heavy atom. The van der Waals surface area contributed by atoms with Gasteiger partial charge < -0.3 is 10.2 Å². The summed E-state index contributed by atoms with van der Waals surface area (Å²) in [4.78, 5) is 8.58.